The van der Waals surface area contributed by atoms with E-state index in [1.165, 1.54) is 23.1 Å². The molecule has 1 N–H and O–H groups in total. The van der Waals surface area contributed by atoms with Crippen LogP contribution < -0.4 is 10.9 Å². The summed E-state index contributed by atoms with van der Waals surface area (Å²) in [6.07, 6.45) is 2.41. The number of nitrogens with zero attached hydrogens (tertiary/aromatic N) is 3. The number of amides is 1. The molecule has 6 nitrogen and oxygen atoms in total. The van der Waals surface area contributed by atoms with Crippen LogP contribution >= 0.6 is 23.1 Å². The van der Waals surface area contributed by atoms with Gasteiger partial charge in [0, 0.05) is 24.9 Å². The van der Waals surface area contributed by atoms with E-state index in [4.69, 9.17) is 0 Å². The third-order valence-electron chi connectivity index (χ3n) is 4.58. The van der Waals surface area contributed by atoms with Crippen LogP contribution in [0.1, 0.15) is 11.3 Å². The normalized spacial score (nSPS) is 11.0. The fourth-order valence-corrected chi connectivity index (χ4v) is 4.72. The van der Waals surface area contributed by atoms with E-state index >= 15 is 0 Å². The molecule has 0 aliphatic rings. The quantitative estimate of drug-likeness (QED) is 0.354. The number of thiophene rings is 1. The Morgan fingerprint density at radius 2 is 2.00 bits per heavy atom. The van der Waals surface area contributed by atoms with Gasteiger partial charge in [-0.1, -0.05) is 36.0 Å². The molecule has 0 saturated heterocycles. The molecule has 30 heavy (non-hydrogen) atoms. The Hall–Kier alpha value is -2.97. The number of carbonyl (C=O) groups excluding carboxylic acids is 1. The molecule has 4 aromatic rings. The van der Waals surface area contributed by atoms with Gasteiger partial charge in [0.25, 0.3) is 5.56 Å². The summed E-state index contributed by atoms with van der Waals surface area (Å²) in [4.78, 5) is 35.1. The summed E-state index contributed by atoms with van der Waals surface area (Å²) < 4.78 is 1.61. The minimum atomic E-state index is -0.117. The van der Waals surface area contributed by atoms with Crippen molar-refractivity contribution in [3.63, 3.8) is 0 Å². The van der Waals surface area contributed by atoms with E-state index < -0.39 is 0 Å². The summed E-state index contributed by atoms with van der Waals surface area (Å²) in [5, 5.41) is 5.88. The number of rotatable bonds is 7. The second-order valence-corrected chi connectivity index (χ2v) is 8.51. The third kappa shape index (κ3) is 4.44. The number of pyridine rings is 1. The van der Waals surface area contributed by atoms with E-state index in [0.717, 1.165) is 16.9 Å². The van der Waals surface area contributed by atoms with Crippen LogP contribution in [0.5, 0.6) is 0 Å². The summed E-state index contributed by atoms with van der Waals surface area (Å²) in [6, 6.07) is 15.2. The lowest BCUT2D eigenvalue weighted by Crippen LogP contribution is -2.28. The van der Waals surface area contributed by atoms with Gasteiger partial charge in [-0.2, -0.15) is 0 Å². The number of para-hydroxylation sites is 1. The summed E-state index contributed by atoms with van der Waals surface area (Å²) in [7, 11) is 0. The maximum absolute atomic E-state index is 13.1. The van der Waals surface area contributed by atoms with Crippen molar-refractivity contribution in [3.05, 3.63) is 81.7 Å². The van der Waals surface area contributed by atoms with E-state index in [1.54, 1.807) is 16.8 Å². The minimum absolute atomic E-state index is 0.104. The van der Waals surface area contributed by atoms with Gasteiger partial charge in [0.15, 0.2) is 5.16 Å². The van der Waals surface area contributed by atoms with E-state index in [0.29, 0.717) is 28.3 Å². The SMILES string of the molecule is Cc1ccccc1-n1c(SCC(=O)NCCc2ccccn2)nc2sccc2c1=O. The molecule has 0 spiro atoms. The summed E-state index contributed by atoms with van der Waals surface area (Å²) in [5.41, 5.74) is 2.57. The van der Waals surface area contributed by atoms with Crippen LogP contribution in [-0.2, 0) is 11.2 Å². The Balaban J connectivity index is 1.52. The molecule has 3 aromatic heterocycles. The number of nitrogens with one attached hydrogen (secondary N) is 1. The number of aromatic nitrogens is 3. The Labute approximate surface area is 182 Å². The van der Waals surface area contributed by atoms with E-state index in [1.807, 2.05) is 54.8 Å². The van der Waals surface area contributed by atoms with E-state index in [9.17, 15) is 9.59 Å². The molecule has 1 aromatic carbocycles. The predicted octanol–water partition coefficient (Wildman–Crippen LogP) is 3.60. The molecular weight excluding hydrogens is 416 g/mol. The van der Waals surface area contributed by atoms with Gasteiger partial charge >= 0.3 is 0 Å². The fraction of sp³-hybridized carbons (Fsp3) is 0.182. The molecule has 4 rings (SSSR count). The van der Waals surface area contributed by atoms with Crippen LogP contribution in [0.4, 0.5) is 0 Å². The minimum Gasteiger partial charge on any atom is -0.355 e. The lowest BCUT2D eigenvalue weighted by atomic mass is 10.2. The molecule has 0 saturated carbocycles. The average Bonchev–Trinajstić information content (AvgIpc) is 3.23. The summed E-state index contributed by atoms with van der Waals surface area (Å²) >= 11 is 2.69. The number of hydrogen-bond acceptors (Lipinski definition) is 6. The monoisotopic (exact) mass is 436 g/mol. The molecule has 0 bridgehead atoms. The molecule has 0 radical (unpaired) electrons. The molecule has 0 fully saturated rings. The van der Waals surface area contributed by atoms with Gasteiger partial charge in [0.1, 0.15) is 4.83 Å². The van der Waals surface area contributed by atoms with Gasteiger partial charge < -0.3 is 5.32 Å². The zero-order chi connectivity index (χ0) is 20.9. The molecule has 1 amide bonds. The maximum Gasteiger partial charge on any atom is 0.267 e. The third-order valence-corrected chi connectivity index (χ3v) is 6.33. The lowest BCUT2D eigenvalue weighted by molar-refractivity contribution is -0.118. The molecule has 3 heterocycles. The van der Waals surface area contributed by atoms with Gasteiger partial charge in [-0.05, 0) is 42.1 Å². The van der Waals surface area contributed by atoms with Gasteiger partial charge in [-0.25, -0.2) is 4.98 Å². The molecule has 0 atom stereocenters. The van der Waals surface area contributed by atoms with Crippen molar-refractivity contribution in [2.24, 2.45) is 0 Å². The Bertz CT molecular complexity index is 1230. The molecule has 0 unspecified atom stereocenters. The van der Waals surface area contributed by atoms with Crippen LogP contribution in [0.3, 0.4) is 0 Å². The van der Waals surface area contributed by atoms with Gasteiger partial charge in [-0.3, -0.25) is 19.1 Å². The smallest absolute Gasteiger partial charge is 0.267 e. The summed E-state index contributed by atoms with van der Waals surface area (Å²) in [5.74, 6) is 0.0741. The second kappa shape index (κ2) is 9.23. The Morgan fingerprint density at radius 1 is 1.17 bits per heavy atom. The first kappa shape index (κ1) is 20.3. The fourth-order valence-electron chi connectivity index (χ4n) is 3.08. The predicted molar refractivity (Wildman–Crippen MR) is 122 cm³/mol. The van der Waals surface area contributed by atoms with Crippen molar-refractivity contribution in [1.29, 1.82) is 0 Å². The van der Waals surface area contributed by atoms with Crippen LogP contribution in [0.2, 0.25) is 0 Å². The van der Waals surface area contributed by atoms with Crippen molar-refractivity contribution >= 4 is 39.2 Å². The average molecular weight is 437 g/mol. The van der Waals surface area contributed by atoms with Crippen molar-refractivity contribution in [3.8, 4) is 5.69 Å². The number of thioether (sulfide) groups is 1. The van der Waals surface area contributed by atoms with Crippen LogP contribution in [0, 0.1) is 6.92 Å². The zero-order valence-corrected chi connectivity index (χ0v) is 18.0. The highest BCUT2D eigenvalue weighted by Gasteiger charge is 2.16. The molecular formula is C22H20N4O2S2. The molecule has 0 aliphatic heterocycles. The zero-order valence-electron chi connectivity index (χ0n) is 16.4. The number of aryl methyl sites for hydroxylation is 1. The van der Waals surface area contributed by atoms with Crippen LogP contribution in [0.25, 0.3) is 15.9 Å². The Morgan fingerprint density at radius 3 is 2.80 bits per heavy atom. The number of benzene rings is 1. The van der Waals surface area contributed by atoms with Crippen LogP contribution in [0.15, 0.2) is 70.1 Å². The molecule has 0 aliphatic carbocycles. The van der Waals surface area contributed by atoms with Crippen molar-refractivity contribution in [2.75, 3.05) is 12.3 Å². The first-order valence-corrected chi connectivity index (χ1v) is 11.4. The molecule has 8 heteroatoms. The summed E-state index contributed by atoms with van der Waals surface area (Å²) in [6.45, 7) is 2.47. The van der Waals surface area contributed by atoms with E-state index in [-0.39, 0.29) is 17.2 Å². The number of carbonyl (C=O) groups is 1. The molecule has 152 valence electrons. The highest BCUT2D eigenvalue weighted by atomic mass is 32.2. The Kier molecular flexibility index (Phi) is 6.25. The van der Waals surface area contributed by atoms with E-state index in [2.05, 4.69) is 15.3 Å². The van der Waals surface area contributed by atoms with Crippen molar-refractivity contribution in [1.82, 2.24) is 19.9 Å². The highest BCUT2D eigenvalue weighted by molar-refractivity contribution is 7.99. The van der Waals surface area contributed by atoms with Gasteiger partial charge in [0.2, 0.25) is 5.91 Å². The van der Waals surface area contributed by atoms with Crippen molar-refractivity contribution < 1.29 is 4.79 Å². The highest BCUT2D eigenvalue weighted by Crippen LogP contribution is 2.25. The van der Waals surface area contributed by atoms with Gasteiger partial charge in [-0.15, -0.1) is 11.3 Å². The topological polar surface area (TPSA) is 76.9 Å². The maximum atomic E-state index is 13.1. The number of fused-ring (bicyclic) bond motifs is 1. The first-order chi connectivity index (χ1) is 14.6. The standard InChI is InChI=1S/C22H20N4O2S2/c1-15-6-2-3-8-18(15)26-21(28)17-10-13-29-20(17)25-22(26)30-14-19(27)24-12-9-16-7-4-5-11-23-16/h2-8,10-11,13H,9,12,14H2,1H3,(H,24,27). The van der Waals surface area contributed by atoms with Crippen molar-refractivity contribution in [2.45, 2.75) is 18.5 Å². The van der Waals surface area contributed by atoms with Crippen LogP contribution in [-0.4, -0.2) is 32.7 Å². The number of hydrogen-bond donors (Lipinski definition) is 1. The van der Waals surface area contributed by atoms with Gasteiger partial charge in [0.05, 0.1) is 16.8 Å². The largest absolute Gasteiger partial charge is 0.355 e. The second-order valence-electron chi connectivity index (χ2n) is 6.67. The first-order valence-electron chi connectivity index (χ1n) is 9.49. The lowest BCUT2D eigenvalue weighted by Gasteiger charge is -2.14.